The van der Waals surface area contributed by atoms with Gasteiger partial charge in [0.05, 0.1) is 12.0 Å². The Morgan fingerprint density at radius 3 is 1.45 bits per heavy atom. The van der Waals surface area contributed by atoms with E-state index in [1.807, 2.05) is 6.92 Å². The second kappa shape index (κ2) is 9.14. The predicted octanol–water partition coefficient (Wildman–Crippen LogP) is 4.45. The van der Waals surface area contributed by atoms with E-state index in [-0.39, 0.29) is 4.90 Å². The Balaban J connectivity index is 0.000000217. The molecule has 0 amide bonds. The van der Waals surface area contributed by atoms with Crippen LogP contribution in [0.25, 0.3) is 0 Å². The van der Waals surface area contributed by atoms with Crippen LogP contribution in [0.1, 0.15) is 56.9 Å². The molecule has 1 aliphatic rings. The lowest BCUT2D eigenvalue weighted by Gasteiger charge is -2.05. The lowest BCUT2D eigenvalue weighted by atomic mass is 10.0. The van der Waals surface area contributed by atoms with Crippen molar-refractivity contribution in [2.45, 2.75) is 63.2 Å². The summed E-state index contributed by atoms with van der Waals surface area (Å²) >= 11 is 0. The molecule has 0 unspecified atom stereocenters. The van der Waals surface area contributed by atoms with Gasteiger partial charge in [-0.2, -0.15) is 8.42 Å². The first-order chi connectivity index (χ1) is 9.56. The van der Waals surface area contributed by atoms with Gasteiger partial charge in [0.2, 0.25) is 0 Å². The summed E-state index contributed by atoms with van der Waals surface area (Å²) in [4.78, 5) is 0.190. The number of hydrogen-bond donors (Lipinski definition) is 0. The van der Waals surface area contributed by atoms with Gasteiger partial charge in [-0.25, -0.2) is 0 Å². The molecule has 0 spiro atoms. The van der Waals surface area contributed by atoms with Crippen LogP contribution in [0.2, 0.25) is 0 Å². The molecule has 0 aliphatic heterocycles. The van der Waals surface area contributed by atoms with Crippen molar-refractivity contribution in [1.29, 1.82) is 0 Å². The molecule has 1 aromatic rings. The lowest BCUT2D eigenvalue weighted by molar-refractivity contribution is 0.398. The Labute approximate surface area is 123 Å². The van der Waals surface area contributed by atoms with Gasteiger partial charge in [0.25, 0.3) is 10.1 Å². The van der Waals surface area contributed by atoms with Gasteiger partial charge in [-0.05, 0) is 19.1 Å². The molecule has 1 aromatic carbocycles. The molecule has 0 N–H and O–H groups in total. The maximum atomic E-state index is 11.1. The van der Waals surface area contributed by atoms with Crippen molar-refractivity contribution in [3.8, 4) is 0 Å². The molecule has 20 heavy (non-hydrogen) atoms. The fourth-order valence-electron chi connectivity index (χ4n) is 2.22. The zero-order valence-electron chi connectivity index (χ0n) is 12.6. The van der Waals surface area contributed by atoms with Crippen LogP contribution in [0.5, 0.6) is 0 Å². The third-order valence-electron chi connectivity index (χ3n) is 3.53. The molecule has 1 saturated carbocycles. The number of rotatable bonds is 2. The smallest absolute Gasteiger partial charge is 0.270 e. The molecule has 1 aliphatic carbocycles. The predicted molar refractivity (Wildman–Crippen MR) is 82.3 cm³/mol. The molecule has 0 atom stereocenters. The Morgan fingerprint density at radius 2 is 1.15 bits per heavy atom. The minimum absolute atomic E-state index is 0.190. The highest BCUT2D eigenvalue weighted by atomic mass is 32.2. The van der Waals surface area contributed by atoms with E-state index in [2.05, 4.69) is 4.18 Å². The van der Waals surface area contributed by atoms with Crippen molar-refractivity contribution in [3.63, 3.8) is 0 Å². The fourth-order valence-corrected chi connectivity index (χ4v) is 2.88. The summed E-state index contributed by atoms with van der Waals surface area (Å²) in [5, 5.41) is 0. The van der Waals surface area contributed by atoms with E-state index >= 15 is 0 Å². The second-order valence-corrected chi connectivity index (χ2v) is 6.98. The lowest BCUT2D eigenvalue weighted by Crippen LogP contribution is -2.02. The maximum absolute atomic E-state index is 11.1. The van der Waals surface area contributed by atoms with E-state index in [4.69, 9.17) is 0 Å². The van der Waals surface area contributed by atoms with Crippen molar-refractivity contribution in [2.75, 3.05) is 7.11 Å². The highest BCUT2D eigenvalue weighted by molar-refractivity contribution is 7.86. The zero-order valence-corrected chi connectivity index (χ0v) is 13.4. The van der Waals surface area contributed by atoms with Gasteiger partial charge >= 0.3 is 0 Å². The van der Waals surface area contributed by atoms with Crippen LogP contribution in [-0.2, 0) is 14.3 Å². The second-order valence-electron chi connectivity index (χ2n) is 5.26. The van der Waals surface area contributed by atoms with Crippen molar-refractivity contribution in [1.82, 2.24) is 0 Å². The van der Waals surface area contributed by atoms with Crippen LogP contribution in [0.15, 0.2) is 29.2 Å². The molecule has 4 heteroatoms. The molecule has 3 nitrogen and oxygen atoms in total. The van der Waals surface area contributed by atoms with Crippen molar-refractivity contribution in [2.24, 2.45) is 0 Å². The molecule has 0 aromatic heterocycles. The number of benzene rings is 1. The third-order valence-corrected chi connectivity index (χ3v) is 4.82. The van der Waals surface area contributed by atoms with Gasteiger partial charge in [0.15, 0.2) is 0 Å². The first-order valence-electron chi connectivity index (χ1n) is 7.43. The van der Waals surface area contributed by atoms with E-state index in [1.54, 1.807) is 12.1 Å². The number of aryl methyl sites for hydroxylation is 1. The van der Waals surface area contributed by atoms with E-state index in [0.29, 0.717) is 0 Å². The van der Waals surface area contributed by atoms with Crippen LogP contribution in [-0.4, -0.2) is 15.5 Å². The first kappa shape index (κ1) is 17.2. The molecule has 0 heterocycles. The van der Waals surface area contributed by atoms with Gasteiger partial charge < -0.3 is 0 Å². The Kier molecular flexibility index (Phi) is 7.85. The van der Waals surface area contributed by atoms with Crippen LogP contribution >= 0.6 is 0 Å². The molecule has 114 valence electrons. The van der Waals surface area contributed by atoms with Gasteiger partial charge in [-0.3, -0.25) is 4.18 Å². The molecule has 0 radical (unpaired) electrons. The Morgan fingerprint density at radius 1 is 0.800 bits per heavy atom. The van der Waals surface area contributed by atoms with Crippen molar-refractivity contribution >= 4 is 10.1 Å². The molecule has 0 bridgehead atoms. The summed E-state index contributed by atoms with van der Waals surface area (Å²) in [6, 6.07) is 6.50. The average molecular weight is 298 g/mol. The van der Waals surface area contributed by atoms with E-state index in [1.165, 1.54) is 63.5 Å². The van der Waals surface area contributed by atoms with Crippen LogP contribution in [0, 0.1) is 6.92 Å². The van der Waals surface area contributed by atoms with E-state index in [9.17, 15) is 8.42 Å². The maximum Gasteiger partial charge on any atom is 0.296 e. The summed E-state index contributed by atoms with van der Waals surface area (Å²) in [6.07, 6.45) is 12.0. The van der Waals surface area contributed by atoms with Crippen LogP contribution in [0.4, 0.5) is 0 Å². The summed E-state index contributed by atoms with van der Waals surface area (Å²) in [5.41, 5.74) is 1.02. The minimum Gasteiger partial charge on any atom is -0.270 e. The third kappa shape index (κ3) is 6.53. The Hall–Kier alpha value is -0.870. The van der Waals surface area contributed by atoms with Crippen molar-refractivity contribution < 1.29 is 12.6 Å². The zero-order chi connectivity index (χ0) is 14.8. The van der Waals surface area contributed by atoms with E-state index in [0.717, 1.165) is 12.7 Å². The van der Waals surface area contributed by atoms with Gasteiger partial charge in [-0.15, -0.1) is 0 Å². The molecular weight excluding hydrogens is 272 g/mol. The monoisotopic (exact) mass is 298 g/mol. The summed E-state index contributed by atoms with van der Waals surface area (Å²) in [7, 11) is -2.37. The van der Waals surface area contributed by atoms with Gasteiger partial charge in [-0.1, -0.05) is 69.1 Å². The van der Waals surface area contributed by atoms with Gasteiger partial charge in [0.1, 0.15) is 0 Å². The SMILES string of the molecule is C1CCCCCCC1.COS(=O)(=O)c1ccc(C)cc1. The molecular formula is C16H26O3S. The largest absolute Gasteiger partial charge is 0.296 e. The van der Waals surface area contributed by atoms with Gasteiger partial charge in [0, 0.05) is 0 Å². The number of hydrogen-bond acceptors (Lipinski definition) is 3. The normalized spacial score (nSPS) is 16.5. The first-order valence-corrected chi connectivity index (χ1v) is 8.84. The van der Waals surface area contributed by atoms with Crippen molar-refractivity contribution in [3.05, 3.63) is 29.8 Å². The molecule has 0 saturated heterocycles. The topological polar surface area (TPSA) is 43.4 Å². The summed E-state index contributed by atoms with van der Waals surface area (Å²) < 4.78 is 26.5. The minimum atomic E-state index is -3.51. The highest BCUT2D eigenvalue weighted by Gasteiger charge is 2.11. The van der Waals surface area contributed by atoms with Crippen LogP contribution in [0.3, 0.4) is 0 Å². The highest BCUT2D eigenvalue weighted by Crippen LogP contribution is 2.15. The van der Waals surface area contributed by atoms with E-state index < -0.39 is 10.1 Å². The summed E-state index contributed by atoms with van der Waals surface area (Å²) in [6.45, 7) is 1.89. The summed E-state index contributed by atoms with van der Waals surface area (Å²) in [5.74, 6) is 0. The molecule has 2 rings (SSSR count). The van der Waals surface area contributed by atoms with Crippen LogP contribution < -0.4 is 0 Å². The molecule has 1 fully saturated rings. The standard InChI is InChI=1S/C8H10O3S.C8H16/c1-7-3-5-8(6-4-7)12(9,10)11-2;1-2-4-6-8-7-5-3-1/h3-6H,1-2H3;1-8H2. The average Bonchev–Trinajstić information content (AvgIpc) is 2.39. The Bertz CT molecular complexity index is 439. The quantitative estimate of drug-likeness (QED) is 0.758. The fraction of sp³-hybridized carbons (Fsp3) is 0.625.